The Morgan fingerprint density at radius 1 is 1.33 bits per heavy atom. The Balaban J connectivity index is 3.33. The zero-order valence-electron chi connectivity index (χ0n) is 11.3. The van der Waals surface area contributed by atoms with Crippen molar-refractivity contribution in [3.63, 3.8) is 0 Å². The fraction of sp³-hybridized carbons (Fsp3) is 0.455. The molecule has 0 aliphatic carbocycles. The van der Waals surface area contributed by atoms with E-state index in [1.54, 1.807) is 0 Å². The Morgan fingerprint density at radius 3 is 2.58 bits per heavy atom. The minimum atomic E-state index is -0.337. The van der Waals surface area contributed by atoms with Gasteiger partial charge in [0, 0.05) is 0 Å². The molecule has 0 fully saturated rings. The standard InChI is InChI=1S/C11H16O/c1-2-3-6-10-7-4-5-8-11(10)9-12/h4-5,7-8,12H,2-3,6,9H2,1H3/i4D,5D,7D,8D. The quantitative estimate of drug-likeness (QED) is 0.732. The summed E-state index contributed by atoms with van der Waals surface area (Å²) in [5.74, 6) is 0. The molecule has 0 saturated heterocycles. The van der Waals surface area contributed by atoms with E-state index in [2.05, 4.69) is 0 Å². The Labute approximate surface area is 79.7 Å². The molecule has 1 aromatic rings. The van der Waals surface area contributed by atoms with E-state index in [9.17, 15) is 5.11 Å². The first-order chi connectivity index (χ1) is 7.54. The molecule has 0 aromatic heterocycles. The van der Waals surface area contributed by atoms with Crippen LogP contribution in [0.15, 0.2) is 24.2 Å². The van der Waals surface area contributed by atoms with Gasteiger partial charge < -0.3 is 5.11 Å². The molecule has 0 unspecified atom stereocenters. The lowest BCUT2D eigenvalue weighted by atomic mass is 10.0. The van der Waals surface area contributed by atoms with Crippen LogP contribution in [0.4, 0.5) is 0 Å². The lowest BCUT2D eigenvalue weighted by molar-refractivity contribution is 0.280. The summed E-state index contributed by atoms with van der Waals surface area (Å²) in [6.45, 7) is 1.68. The normalized spacial score (nSPS) is 14.8. The zero-order valence-corrected chi connectivity index (χ0v) is 7.28. The van der Waals surface area contributed by atoms with Gasteiger partial charge in [0.1, 0.15) is 0 Å². The highest BCUT2D eigenvalue weighted by atomic mass is 16.3. The highest BCUT2D eigenvalue weighted by Crippen LogP contribution is 2.11. The topological polar surface area (TPSA) is 20.2 Å². The number of unbranched alkanes of at least 4 members (excludes halogenated alkanes) is 1. The van der Waals surface area contributed by atoms with Crippen LogP contribution in [0.1, 0.15) is 36.4 Å². The van der Waals surface area contributed by atoms with Crippen molar-refractivity contribution in [3.8, 4) is 0 Å². The molecule has 66 valence electrons. The molecule has 0 radical (unpaired) electrons. The van der Waals surface area contributed by atoms with E-state index in [-0.39, 0.29) is 30.8 Å². The van der Waals surface area contributed by atoms with Crippen LogP contribution in [0.5, 0.6) is 0 Å². The summed E-state index contributed by atoms with van der Waals surface area (Å²) >= 11 is 0. The van der Waals surface area contributed by atoms with E-state index in [4.69, 9.17) is 5.48 Å². The van der Waals surface area contributed by atoms with Crippen molar-refractivity contribution in [2.75, 3.05) is 0 Å². The molecular weight excluding hydrogens is 148 g/mol. The highest BCUT2D eigenvalue weighted by molar-refractivity contribution is 5.26. The number of hydrogen-bond acceptors (Lipinski definition) is 1. The van der Waals surface area contributed by atoms with Crippen LogP contribution in [0.2, 0.25) is 0 Å². The van der Waals surface area contributed by atoms with Gasteiger partial charge in [-0.3, -0.25) is 0 Å². The van der Waals surface area contributed by atoms with Gasteiger partial charge in [-0.2, -0.15) is 0 Å². The van der Waals surface area contributed by atoms with Crippen molar-refractivity contribution in [3.05, 3.63) is 35.3 Å². The fourth-order valence-electron chi connectivity index (χ4n) is 1.07. The maximum Gasteiger partial charge on any atom is 0.0684 e. The third kappa shape index (κ3) is 2.35. The van der Waals surface area contributed by atoms with Crippen molar-refractivity contribution < 1.29 is 10.6 Å². The van der Waals surface area contributed by atoms with Crippen LogP contribution in [0.3, 0.4) is 0 Å². The summed E-state index contributed by atoms with van der Waals surface area (Å²) in [5, 5.41) is 9.19. The van der Waals surface area contributed by atoms with E-state index in [0.29, 0.717) is 17.5 Å². The summed E-state index contributed by atoms with van der Waals surface area (Å²) in [7, 11) is 0. The summed E-state index contributed by atoms with van der Waals surface area (Å²) < 4.78 is 30.5. The van der Waals surface area contributed by atoms with Crippen LogP contribution in [-0.4, -0.2) is 5.11 Å². The van der Waals surface area contributed by atoms with Gasteiger partial charge >= 0.3 is 0 Å². The first-order valence-electron chi connectivity index (χ1n) is 6.23. The van der Waals surface area contributed by atoms with Gasteiger partial charge in [0.25, 0.3) is 0 Å². The van der Waals surface area contributed by atoms with E-state index in [0.717, 1.165) is 12.8 Å². The second-order valence-electron chi connectivity index (χ2n) is 2.72. The predicted octanol–water partition coefficient (Wildman–Crippen LogP) is 2.52. The summed E-state index contributed by atoms with van der Waals surface area (Å²) in [4.78, 5) is 0. The Kier molecular flexibility index (Phi) is 2.07. The molecule has 1 N–H and O–H groups in total. The van der Waals surface area contributed by atoms with E-state index >= 15 is 0 Å². The largest absolute Gasteiger partial charge is 0.392 e. The molecule has 0 atom stereocenters. The molecule has 1 heteroatoms. The molecule has 12 heavy (non-hydrogen) atoms. The van der Waals surface area contributed by atoms with Crippen molar-refractivity contribution in [2.45, 2.75) is 32.8 Å². The number of aliphatic hydroxyl groups is 1. The number of aliphatic hydroxyl groups excluding tert-OH is 1. The molecular formula is C11H16O. The molecule has 0 bridgehead atoms. The smallest absolute Gasteiger partial charge is 0.0684 e. The van der Waals surface area contributed by atoms with Gasteiger partial charge in [-0.05, 0) is 24.0 Å². The van der Waals surface area contributed by atoms with E-state index in [1.165, 1.54) is 0 Å². The average molecular weight is 168 g/mol. The fourth-order valence-corrected chi connectivity index (χ4v) is 1.07. The summed E-state index contributed by atoms with van der Waals surface area (Å²) in [5.41, 5.74) is 0.884. The first-order valence-corrected chi connectivity index (χ1v) is 4.23. The Morgan fingerprint density at radius 2 is 2.00 bits per heavy atom. The zero-order chi connectivity index (χ0) is 12.3. The minimum absolute atomic E-state index is 0.0153. The highest BCUT2D eigenvalue weighted by Gasteiger charge is 1.98. The van der Waals surface area contributed by atoms with Gasteiger partial charge in [-0.1, -0.05) is 37.5 Å². The Bertz CT molecular complexity index is 390. The SMILES string of the molecule is [2H]c1c([2H])c([2H])c(CCCC)c(CO)c1[2H]. The predicted molar refractivity (Wildman–Crippen MR) is 51.0 cm³/mol. The molecule has 1 aromatic carbocycles. The maximum absolute atomic E-state index is 9.19. The van der Waals surface area contributed by atoms with E-state index in [1.807, 2.05) is 6.92 Å². The first kappa shape index (κ1) is 5.03. The van der Waals surface area contributed by atoms with Crippen LogP contribution >= 0.6 is 0 Å². The van der Waals surface area contributed by atoms with Crippen molar-refractivity contribution in [1.29, 1.82) is 0 Å². The molecule has 1 nitrogen and oxygen atoms in total. The second kappa shape index (κ2) is 4.94. The van der Waals surface area contributed by atoms with Crippen molar-refractivity contribution >= 4 is 0 Å². The number of benzene rings is 1. The summed E-state index contributed by atoms with van der Waals surface area (Å²) in [6.07, 6.45) is 2.39. The van der Waals surface area contributed by atoms with Crippen LogP contribution in [0, 0.1) is 0 Å². The third-order valence-electron chi connectivity index (χ3n) is 1.79. The number of hydrogen-bond donors (Lipinski definition) is 1. The lowest BCUT2D eigenvalue weighted by Gasteiger charge is -2.05. The monoisotopic (exact) mass is 168 g/mol. The third-order valence-corrected chi connectivity index (χ3v) is 1.79. The molecule has 0 heterocycles. The molecule has 0 spiro atoms. The lowest BCUT2D eigenvalue weighted by Crippen LogP contribution is -1.93. The number of rotatable bonds is 4. The van der Waals surface area contributed by atoms with Crippen molar-refractivity contribution in [1.82, 2.24) is 0 Å². The second-order valence-corrected chi connectivity index (χ2v) is 2.72. The molecule has 0 amide bonds. The molecule has 0 saturated carbocycles. The molecule has 1 rings (SSSR count). The summed E-state index contributed by atoms with van der Waals surface area (Å²) in [6, 6.07) is -0.615. The molecule has 0 aliphatic heterocycles. The van der Waals surface area contributed by atoms with Crippen LogP contribution < -0.4 is 0 Å². The van der Waals surface area contributed by atoms with Crippen LogP contribution in [0.25, 0.3) is 0 Å². The molecule has 0 aliphatic rings. The van der Waals surface area contributed by atoms with Gasteiger partial charge in [0.05, 0.1) is 12.1 Å². The van der Waals surface area contributed by atoms with Crippen LogP contribution in [-0.2, 0) is 13.0 Å². The van der Waals surface area contributed by atoms with Gasteiger partial charge in [0.15, 0.2) is 0 Å². The van der Waals surface area contributed by atoms with Gasteiger partial charge in [-0.15, -0.1) is 0 Å². The van der Waals surface area contributed by atoms with Gasteiger partial charge in [-0.25, -0.2) is 0 Å². The van der Waals surface area contributed by atoms with E-state index < -0.39 is 0 Å². The van der Waals surface area contributed by atoms with Crippen molar-refractivity contribution in [2.24, 2.45) is 0 Å². The average Bonchev–Trinajstić information content (AvgIpc) is 2.29. The van der Waals surface area contributed by atoms with Gasteiger partial charge in [0.2, 0.25) is 0 Å². The minimum Gasteiger partial charge on any atom is -0.392 e. The Hall–Kier alpha value is -0.820. The maximum atomic E-state index is 9.19.